The Balaban J connectivity index is 2.23. The Labute approximate surface area is 127 Å². The van der Waals surface area contributed by atoms with Crippen molar-refractivity contribution in [3.8, 4) is 5.75 Å². The summed E-state index contributed by atoms with van der Waals surface area (Å²) in [6.07, 6.45) is 0. The minimum atomic E-state index is 0.00521. The standard InChI is InChI=1S/C15H14Cl2N2O/c1-9-5-6-10(15(18)19)7-14(9)20-8-11-12(16)3-2-4-13(11)17/h2-7H,8H2,1H3,(H3,18,19). The number of aryl methyl sites for hydroxylation is 1. The van der Waals surface area contributed by atoms with E-state index in [9.17, 15) is 0 Å². The van der Waals surface area contributed by atoms with E-state index in [1.807, 2.05) is 13.0 Å². The van der Waals surface area contributed by atoms with Crippen LogP contribution < -0.4 is 10.5 Å². The highest BCUT2D eigenvalue weighted by Gasteiger charge is 2.08. The fourth-order valence-electron chi connectivity index (χ4n) is 1.74. The first-order valence-electron chi connectivity index (χ1n) is 6.00. The third kappa shape index (κ3) is 3.24. The molecule has 0 bridgehead atoms. The Kier molecular flexibility index (Phi) is 4.53. The van der Waals surface area contributed by atoms with Gasteiger partial charge in [0.1, 0.15) is 18.2 Å². The number of hydrogen-bond donors (Lipinski definition) is 2. The van der Waals surface area contributed by atoms with Gasteiger partial charge in [-0.25, -0.2) is 0 Å². The van der Waals surface area contributed by atoms with E-state index in [4.69, 9.17) is 39.1 Å². The van der Waals surface area contributed by atoms with Crippen molar-refractivity contribution in [2.24, 2.45) is 5.73 Å². The van der Waals surface area contributed by atoms with Gasteiger partial charge in [-0.05, 0) is 30.7 Å². The summed E-state index contributed by atoms with van der Waals surface area (Å²) >= 11 is 12.2. The third-order valence-corrected chi connectivity index (χ3v) is 3.64. The zero-order valence-electron chi connectivity index (χ0n) is 10.9. The van der Waals surface area contributed by atoms with Gasteiger partial charge in [-0.15, -0.1) is 0 Å². The SMILES string of the molecule is Cc1ccc(C(=N)N)cc1OCc1c(Cl)cccc1Cl. The van der Waals surface area contributed by atoms with Crippen LogP contribution in [0, 0.1) is 12.3 Å². The summed E-state index contributed by atoms with van der Waals surface area (Å²) < 4.78 is 5.75. The van der Waals surface area contributed by atoms with E-state index in [0.29, 0.717) is 21.4 Å². The summed E-state index contributed by atoms with van der Waals surface area (Å²) in [5.41, 5.74) is 7.79. The molecule has 3 nitrogen and oxygen atoms in total. The van der Waals surface area contributed by atoms with Crippen LogP contribution in [0.3, 0.4) is 0 Å². The molecule has 0 aliphatic rings. The van der Waals surface area contributed by atoms with Crippen molar-refractivity contribution in [2.75, 3.05) is 0 Å². The van der Waals surface area contributed by atoms with Crippen molar-refractivity contribution in [2.45, 2.75) is 13.5 Å². The van der Waals surface area contributed by atoms with E-state index in [2.05, 4.69) is 0 Å². The molecular formula is C15H14Cl2N2O. The first-order chi connectivity index (χ1) is 9.49. The van der Waals surface area contributed by atoms with Gasteiger partial charge in [0.25, 0.3) is 0 Å². The van der Waals surface area contributed by atoms with Gasteiger partial charge >= 0.3 is 0 Å². The van der Waals surface area contributed by atoms with Gasteiger partial charge in [0.05, 0.1) is 0 Å². The molecule has 2 aromatic carbocycles. The van der Waals surface area contributed by atoms with E-state index >= 15 is 0 Å². The average molecular weight is 309 g/mol. The highest BCUT2D eigenvalue weighted by atomic mass is 35.5. The van der Waals surface area contributed by atoms with Gasteiger partial charge in [0.2, 0.25) is 0 Å². The second kappa shape index (κ2) is 6.16. The van der Waals surface area contributed by atoms with Crippen molar-refractivity contribution < 1.29 is 4.74 Å². The van der Waals surface area contributed by atoms with E-state index in [1.165, 1.54) is 0 Å². The Hall–Kier alpha value is -1.71. The molecule has 3 N–H and O–H groups in total. The second-order valence-electron chi connectivity index (χ2n) is 4.38. The largest absolute Gasteiger partial charge is 0.489 e. The lowest BCUT2D eigenvalue weighted by Gasteiger charge is -2.12. The van der Waals surface area contributed by atoms with Crippen LogP contribution in [0.2, 0.25) is 10.0 Å². The molecule has 0 unspecified atom stereocenters. The first kappa shape index (κ1) is 14.7. The average Bonchev–Trinajstić information content (AvgIpc) is 2.39. The molecule has 2 aromatic rings. The summed E-state index contributed by atoms with van der Waals surface area (Å²) in [7, 11) is 0. The molecule has 104 valence electrons. The monoisotopic (exact) mass is 308 g/mol. The van der Waals surface area contributed by atoms with E-state index < -0.39 is 0 Å². The lowest BCUT2D eigenvalue weighted by Crippen LogP contribution is -2.11. The fraction of sp³-hybridized carbons (Fsp3) is 0.133. The molecule has 0 fully saturated rings. The number of nitrogens with two attached hydrogens (primary N) is 1. The van der Waals surface area contributed by atoms with Crippen LogP contribution in [0.1, 0.15) is 16.7 Å². The predicted octanol–water partition coefficient (Wildman–Crippen LogP) is 4.16. The smallest absolute Gasteiger partial charge is 0.123 e. The normalized spacial score (nSPS) is 10.3. The number of nitrogen functional groups attached to an aromatic ring is 1. The van der Waals surface area contributed by atoms with Crippen molar-refractivity contribution >= 4 is 29.0 Å². The quantitative estimate of drug-likeness (QED) is 0.658. The van der Waals surface area contributed by atoms with Gasteiger partial charge < -0.3 is 10.5 Å². The topological polar surface area (TPSA) is 59.1 Å². The molecule has 20 heavy (non-hydrogen) atoms. The molecular weight excluding hydrogens is 295 g/mol. The molecule has 0 atom stereocenters. The van der Waals surface area contributed by atoms with E-state index in [0.717, 1.165) is 11.1 Å². The second-order valence-corrected chi connectivity index (χ2v) is 5.20. The minimum Gasteiger partial charge on any atom is -0.489 e. The molecule has 0 radical (unpaired) electrons. The van der Waals surface area contributed by atoms with Gasteiger partial charge in [0, 0.05) is 21.2 Å². The molecule has 0 amide bonds. The Morgan fingerprint density at radius 2 is 1.85 bits per heavy atom. The highest BCUT2D eigenvalue weighted by Crippen LogP contribution is 2.27. The van der Waals surface area contributed by atoms with Crippen molar-refractivity contribution in [1.82, 2.24) is 0 Å². The predicted molar refractivity (Wildman–Crippen MR) is 83.0 cm³/mol. The molecule has 2 rings (SSSR count). The number of hydrogen-bond acceptors (Lipinski definition) is 2. The van der Waals surface area contributed by atoms with Gasteiger partial charge in [-0.2, -0.15) is 0 Å². The Bertz CT molecular complexity index is 636. The number of rotatable bonds is 4. The Morgan fingerprint density at radius 1 is 1.20 bits per heavy atom. The van der Waals surface area contributed by atoms with Crippen LogP contribution in [0.5, 0.6) is 5.75 Å². The molecule has 0 saturated heterocycles. The summed E-state index contributed by atoms with van der Waals surface area (Å²) in [5.74, 6) is 0.666. The maximum absolute atomic E-state index is 7.45. The summed E-state index contributed by atoms with van der Waals surface area (Å²) in [6.45, 7) is 2.19. The molecule has 5 heteroatoms. The first-order valence-corrected chi connectivity index (χ1v) is 6.75. The van der Waals surface area contributed by atoms with E-state index in [1.54, 1.807) is 30.3 Å². The summed E-state index contributed by atoms with van der Waals surface area (Å²) in [6, 6.07) is 10.7. The third-order valence-electron chi connectivity index (χ3n) is 2.93. The molecule has 0 heterocycles. The van der Waals surface area contributed by atoms with Crippen LogP contribution in [-0.4, -0.2) is 5.84 Å². The van der Waals surface area contributed by atoms with Crippen LogP contribution in [0.25, 0.3) is 0 Å². The van der Waals surface area contributed by atoms with Crippen LogP contribution >= 0.6 is 23.2 Å². The highest BCUT2D eigenvalue weighted by molar-refractivity contribution is 6.35. The van der Waals surface area contributed by atoms with Crippen molar-refractivity contribution in [3.05, 3.63) is 63.1 Å². The zero-order chi connectivity index (χ0) is 14.7. The Morgan fingerprint density at radius 3 is 2.45 bits per heavy atom. The van der Waals surface area contributed by atoms with Crippen LogP contribution in [0.15, 0.2) is 36.4 Å². The van der Waals surface area contributed by atoms with E-state index in [-0.39, 0.29) is 12.4 Å². The van der Waals surface area contributed by atoms with Gasteiger partial charge in [-0.1, -0.05) is 41.4 Å². The molecule has 0 aliphatic carbocycles. The number of ether oxygens (including phenoxy) is 1. The van der Waals surface area contributed by atoms with Crippen LogP contribution in [-0.2, 0) is 6.61 Å². The number of benzene rings is 2. The maximum Gasteiger partial charge on any atom is 0.123 e. The van der Waals surface area contributed by atoms with Crippen LogP contribution in [0.4, 0.5) is 0 Å². The number of nitrogens with one attached hydrogen (secondary N) is 1. The molecule has 0 aliphatic heterocycles. The molecule has 0 aromatic heterocycles. The maximum atomic E-state index is 7.45. The minimum absolute atomic E-state index is 0.00521. The summed E-state index contributed by atoms with van der Waals surface area (Å²) in [4.78, 5) is 0. The summed E-state index contributed by atoms with van der Waals surface area (Å²) in [5, 5.41) is 8.58. The van der Waals surface area contributed by atoms with Crippen molar-refractivity contribution in [1.29, 1.82) is 5.41 Å². The lowest BCUT2D eigenvalue weighted by atomic mass is 10.1. The zero-order valence-corrected chi connectivity index (χ0v) is 12.4. The van der Waals surface area contributed by atoms with Gasteiger partial charge in [0.15, 0.2) is 0 Å². The lowest BCUT2D eigenvalue weighted by molar-refractivity contribution is 0.304. The fourth-order valence-corrected chi connectivity index (χ4v) is 2.25. The number of halogens is 2. The molecule has 0 spiro atoms. The number of amidine groups is 1. The molecule has 0 saturated carbocycles. The van der Waals surface area contributed by atoms with Gasteiger partial charge in [-0.3, -0.25) is 5.41 Å². The van der Waals surface area contributed by atoms with Crippen molar-refractivity contribution in [3.63, 3.8) is 0 Å².